The van der Waals surface area contributed by atoms with Gasteiger partial charge in [-0.15, -0.1) is 11.8 Å². The van der Waals surface area contributed by atoms with Gasteiger partial charge in [-0.2, -0.15) is 0 Å². The van der Waals surface area contributed by atoms with E-state index in [1.54, 1.807) is 23.9 Å². The zero-order valence-corrected chi connectivity index (χ0v) is 10.9. The second kappa shape index (κ2) is 5.74. The van der Waals surface area contributed by atoms with E-state index < -0.39 is 5.97 Å². The summed E-state index contributed by atoms with van der Waals surface area (Å²) in [4.78, 5) is 12.1. The molecule has 0 aliphatic heterocycles. The van der Waals surface area contributed by atoms with E-state index >= 15 is 0 Å². The number of carbonyl (C=O) groups is 1. The molecular weight excluding hydrogens is 244 g/mol. The van der Waals surface area contributed by atoms with Gasteiger partial charge in [-0.25, -0.2) is 0 Å². The van der Waals surface area contributed by atoms with Crippen LogP contribution < -0.4 is 5.11 Å². The third-order valence-electron chi connectivity index (χ3n) is 2.65. The van der Waals surface area contributed by atoms with Crippen molar-refractivity contribution in [3.8, 4) is 0 Å². The molecule has 0 unspecified atom stereocenters. The number of hydrogen-bond donors (Lipinski definition) is 0. The molecule has 0 aliphatic rings. The van der Waals surface area contributed by atoms with Crippen LogP contribution in [0.15, 0.2) is 53.4 Å². The lowest BCUT2D eigenvalue weighted by atomic mass is 10.1. The minimum Gasteiger partial charge on any atom is -0.545 e. The molecule has 2 aromatic rings. The van der Waals surface area contributed by atoms with Crippen molar-refractivity contribution in [3.63, 3.8) is 0 Å². The summed E-state index contributed by atoms with van der Waals surface area (Å²) >= 11 is 1.62. The highest BCUT2D eigenvalue weighted by atomic mass is 32.2. The molecule has 0 atom stereocenters. The lowest BCUT2D eigenvalue weighted by Gasteiger charge is -2.09. The van der Waals surface area contributed by atoms with Crippen LogP contribution in [-0.4, -0.2) is 5.97 Å². The summed E-state index contributed by atoms with van der Waals surface area (Å²) in [6, 6.07) is 15.2. The second-order valence-electron chi connectivity index (χ2n) is 4.05. The van der Waals surface area contributed by atoms with Crippen molar-refractivity contribution in [1.82, 2.24) is 0 Å². The Balaban J connectivity index is 2.10. The lowest BCUT2D eigenvalue weighted by molar-refractivity contribution is -0.255. The third-order valence-corrected chi connectivity index (χ3v) is 3.71. The van der Waals surface area contributed by atoms with Gasteiger partial charge < -0.3 is 9.90 Å². The topological polar surface area (TPSA) is 40.1 Å². The normalized spacial score (nSPS) is 10.3. The number of carboxylic acid groups (broad SMARTS) is 1. The minimum absolute atomic E-state index is 0.275. The van der Waals surface area contributed by atoms with E-state index in [9.17, 15) is 9.90 Å². The van der Waals surface area contributed by atoms with Crippen LogP contribution in [0.3, 0.4) is 0 Å². The molecule has 0 spiro atoms. The van der Waals surface area contributed by atoms with Crippen LogP contribution in [0, 0.1) is 6.92 Å². The molecule has 0 heterocycles. The molecule has 0 saturated heterocycles. The van der Waals surface area contributed by atoms with Crippen LogP contribution in [0.4, 0.5) is 0 Å². The fourth-order valence-electron chi connectivity index (χ4n) is 1.64. The van der Waals surface area contributed by atoms with Crippen molar-refractivity contribution in [1.29, 1.82) is 0 Å². The van der Waals surface area contributed by atoms with Crippen molar-refractivity contribution in [2.24, 2.45) is 0 Å². The summed E-state index contributed by atoms with van der Waals surface area (Å²) in [6.07, 6.45) is 0. The molecule has 2 nitrogen and oxygen atoms in total. The molecule has 0 fully saturated rings. The van der Waals surface area contributed by atoms with Gasteiger partial charge in [0.2, 0.25) is 0 Å². The van der Waals surface area contributed by atoms with E-state index in [1.807, 2.05) is 43.3 Å². The Hall–Kier alpha value is -1.74. The first-order valence-corrected chi connectivity index (χ1v) is 6.64. The molecule has 92 valence electrons. The number of hydrogen-bond acceptors (Lipinski definition) is 3. The highest BCUT2D eigenvalue weighted by Gasteiger charge is 2.03. The molecule has 0 amide bonds. The van der Waals surface area contributed by atoms with Gasteiger partial charge in [0, 0.05) is 16.2 Å². The molecule has 0 radical (unpaired) electrons. The van der Waals surface area contributed by atoms with Crippen molar-refractivity contribution < 1.29 is 9.90 Å². The second-order valence-corrected chi connectivity index (χ2v) is 5.10. The van der Waals surface area contributed by atoms with Crippen LogP contribution in [0.2, 0.25) is 0 Å². The molecule has 18 heavy (non-hydrogen) atoms. The maximum Gasteiger partial charge on any atom is 0.0718 e. The van der Waals surface area contributed by atoms with Gasteiger partial charge in [-0.3, -0.25) is 0 Å². The summed E-state index contributed by atoms with van der Waals surface area (Å²) in [6.45, 7) is 2.04. The fourth-order valence-corrected chi connectivity index (χ4v) is 2.54. The molecule has 2 aromatic carbocycles. The summed E-state index contributed by atoms with van der Waals surface area (Å²) in [5, 5.41) is 11.0. The van der Waals surface area contributed by atoms with E-state index in [0.29, 0.717) is 5.75 Å². The first kappa shape index (κ1) is 12.7. The Morgan fingerprint density at radius 2 is 1.78 bits per heavy atom. The maximum absolute atomic E-state index is 11.0. The molecule has 3 heteroatoms. The number of rotatable bonds is 4. The summed E-state index contributed by atoms with van der Waals surface area (Å²) in [5.41, 5.74) is 2.29. The average Bonchev–Trinajstić information content (AvgIpc) is 2.38. The van der Waals surface area contributed by atoms with Crippen LogP contribution >= 0.6 is 11.8 Å². The van der Waals surface area contributed by atoms with Crippen LogP contribution in [0.25, 0.3) is 0 Å². The monoisotopic (exact) mass is 257 g/mol. The first-order chi connectivity index (χ1) is 8.66. The largest absolute Gasteiger partial charge is 0.545 e. The molecule has 0 saturated carbocycles. The zero-order valence-electron chi connectivity index (χ0n) is 10.1. The predicted octanol–water partition coefficient (Wildman–Crippen LogP) is 2.65. The van der Waals surface area contributed by atoms with Gasteiger partial charge in [-0.05, 0) is 24.6 Å². The highest BCUT2D eigenvalue weighted by Crippen LogP contribution is 2.24. The first-order valence-electron chi connectivity index (χ1n) is 5.65. The lowest BCUT2D eigenvalue weighted by Crippen LogP contribution is -2.23. The molecule has 0 bridgehead atoms. The quantitative estimate of drug-likeness (QED) is 0.791. The molecule has 0 aromatic heterocycles. The zero-order chi connectivity index (χ0) is 13.0. The van der Waals surface area contributed by atoms with E-state index in [4.69, 9.17) is 0 Å². The Kier molecular flexibility index (Phi) is 4.05. The Morgan fingerprint density at radius 1 is 1.11 bits per heavy atom. The smallest absolute Gasteiger partial charge is 0.0718 e. The summed E-state index contributed by atoms with van der Waals surface area (Å²) in [7, 11) is 0. The Bertz CT molecular complexity index is 547. The van der Waals surface area contributed by atoms with Gasteiger partial charge in [0.1, 0.15) is 0 Å². The predicted molar refractivity (Wildman–Crippen MR) is 71.5 cm³/mol. The van der Waals surface area contributed by atoms with Crippen LogP contribution in [0.1, 0.15) is 21.5 Å². The standard InChI is InChI=1S/C15H14O2S/c1-11-6-8-13(9-7-11)18-10-12-4-2-3-5-14(12)15(16)17/h2-9H,10H2,1H3,(H,16,17)/p-1. The summed E-state index contributed by atoms with van der Waals surface area (Å²) in [5.74, 6) is -0.483. The van der Waals surface area contributed by atoms with Crippen molar-refractivity contribution in [3.05, 3.63) is 65.2 Å². The number of benzene rings is 2. The van der Waals surface area contributed by atoms with Crippen molar-refractivity contribution >= 4 is 17.7 Å². The SMILES string of the molecule is Cc1ccc(SCc2ccccc2C(=O)[O-])cc1. The molecular formula is C15H13O2S-. The van der Waals surface area contributed by atoms with Crippen LogP contribution in [0.5, 0.6) is 0 Å². The fraction of sp³-hybridized carbons (Fsp3) is 0.133. The number of aryl methyl sites for hydroxylation is 1. The van der Waals surface area contributed by atoms with Gasteiger partial charge in [0.25, 0.3) is 0 Å². The number of thioether (sulfide) groups is 1. The Morgan fingerprint density at radius 3 is 2.44 bits per heavy atom. The summed E-state index contributed by atoms with van der Waals surface area (Å²) < 4.78 is 0. The van der Waals surface area contributed by atoms with Gasteiger partial charge in [-0.1, -0.05) is 42.0 Å². The minimum atomic E-state index is -1.12. The number of aromatic carboxylic acids is 1. The van der Waals surface area contributed by atoms with Gasteiger partial charge in [0.05, 0.1) is 5.97 Å². The number of carboxylic acids is 1. The van der Waals surface area contributed by atoms with E-state index in [1.165, 1.54) is 5.56 Å². The van der Waals surface area contributed by atoms with Crippen molar-refractivity contribution in [2.75, 3.05) is 0 Å². The Labute approximate surface area is 111 Å². The van der Waals surface area contributed by atoms with E-state index in [-0.39, 0.29) is 5.56 Å². The van der Waals surface area contributed by atoms with Gasteiger partial charge in [0.15, 0.2) is 0 Å². The molecule has 0 N–H and O–H groups in total. The molecule has 0 aliphatic carbocycles. The number of carbonyl (C=O) groups excluding carboxylic acids is 1. The molecule has 2 rings (SSSR count). The average molecular weight is 257 g/mol. The van der Waals surface area contributed by atoms with E-state index in [0.717, 1.165) is 10.5 Å². The third kappa shape index (κ3) is 3.14. The van der Waals surface area contributed by atoms with Crippen LogP contribution in [-0.2, 0) is 5.75 Å². The highest BCUT2D eigenvalue weighted by molar-refractivity contribution is 7.98. The maximum atomic E-state index is 11.0. The van der Waals surface area contributed by atoms with Crippen molar-refractivity contribution in [2.45, 2.75) is 17.6 Å². The van der Waals surface area contributed by atoms with Gasteiger partial charge >= 0.3 is 0 Å². The van der Waals surface area contributed by atoms with E-state index in [2.05, 4.69) is 0 Å².